The molecule has 0 aliphatic heterocycles. The zero-order valence-corrected chi connectivity index (χ0v) is 12.0. The summed E-state index contributed by atoms with van der Waals surface area (Å²) in [5.41, 5.74) is 0.490. The molecule has 88 valence electrons. The smallest absolute Gasteiger partial charge is 0.255 e. The zero-order chi connectivity index (χ0) is 12.1. The Morgan fingerprint density at radius 1 is 1.50 bits per heavy atom. The Morgan fingerprint density at radius 2 is 2.19 bits per heavy atom. The van der Waals surface area contributed by atoms with Crippen molar-refractivity contribution in [3.05, 3.63) is 34.1 Å². The van der Waals surface area contributed by atoms with Gasteiger partial charge >= 0.3 is 0 Å². The van der Waals surface area contributed by atoms with E-state index in [-0.39, 0.29) is 11.7 Å². The Kier molecular flexibility index (Phi) is 5.41. The first-order chi connectivity index (χ1) is 7.60. The van der Waals surface area contributed by atoms with Gasteiger partial charge < -0.3 is 4.90 Å². The van der Waals surface area contributed by atoms with Crippen LogP contribution in [0.3, 0.4) is 0 Å². The van der Waals surface area contributed by atoms with Crippen LogP contribution in [0.1, 0.15) is 17.3 Å². The molecule has 0 N–H and O–H groups in total. The highest BCUT2D eigenvalue weighted by Crippen LogP contribution is 2.19. The molecule has 0 heterocycles. The van der Waals surface area contributed by atoms with Crippen molar-refractivity contribution >= 4 is 37.8 Å². The Bertz CT molecular complexity index is 384. The van der Waals surface area contributed by atoms with Gasteiger partial charge in [0.1, 0.15) is 5.82 Å². The lowest BCUT2D eigenvalue weighted by Gasteiger charge is -2.20. The molecule has 0 saturated heterocycles. The summed E-state index contributed by atoms with van der Waals surface area (Å²) in [6, 6.07) is 4.09. The van der Waals surface area contributed by atoms with Crippen molar-refractivity contribution in [2.24, 2.45) is 0 Å². The third-order valence-corrected chi connectivity index (χ3v) is 3.20. The normalized spacial score (nSPS) is 10.2. The van der Waals surface area contributed by atoms with Crippen LogP contribution in [0.25, 0.3) is 0 Å². The van der Waals surface area contributed by atoms with E-state index in [0.717, 1.165) is 5.33 Å². The van der Waals surface area contributed by atoms with Gasteiger partial charge in [-0.3, -0.25) is 4.79 Å². The van der Waals surface area contributed by atoms with Gasteiger partial charge in [-0.25, -0.2) is 4.39 Å². The highest BCUT2D eigenvalue weighted by atomic mass is 79.9. The second-order valence-electron chi connectivity index (χ2n) is 3.20. The molecule has 1 aromatic carbocycles. The Hall–Kier alpha value is -0.420. The van der Waals surface area contributed by atoms with Gasteiger partial charge in [0.15, 0.2) is 0 Å². The van der Waals surface area contributed by atoms with Gasteiger partial charge in [0.05, 0.1) is 5.56 Å². The summed E-state index contributed by atoms with van der Waals surface area (Å²) >= 11 is 6.49. The average molecular weight is 353 g/mol. The number of rotatable bonds is 4. The minimum atomic E-state index is -0.355. The number of hydrogen-bond acceptors (Lipinski definition) is 1. The molecule has 5 heteroatoms. The molecular weight excluding hydrogens is 341 g/mol. The van der Waals surface area contributed by atoms with E-state index in [9.17, 15) is 9.18 Å². The third kappa shape index (κ3) is 3.28. The van der Waals surface area contributed by atoms with Gasteiger partial charge in [-0.2, -0.15) is 0 Å². The molecule has 0 aromatic heterocycles. The molecule has 1 aromatic rings. The second kappa shape index (κ2) is 6.35. The van der Waals surface area contributed by atoms with E-state index in [0.29, 0.717) is 23.1 Å². The van der Waals surface area contributed by atoms with Crippen molar-refractivity contribution in [3.63, 3.8) is 0 Å². The average Bonchev–Trinajstić information content (AvgIpc) is 2.25. The van der Waals surface area contributed by atoms with Crippen LogP contribution in [0.15, 0.2) is 22.7 Å². The highest BCUT2D eigenvalue weighted by molar-refractivity contribution is 9.10. The van der Waals surface area contributed by atoms with E-state index >= 15 is 0 Å². The van der Waals surface area contributed by atoms with E-state index < -0.39 is 0 Å². The van der Waals surface area contributed by atoms with Gasteiger partial charge in [-0.15, -0.1) is 0 Å². The maximum absolute atomic E-state index is 12.9. The topological polar surface area (TPSA) is 20.3 Å². The van der Waals surface area contributed by atoms with E-state index in [2.05, 4.69) is 31.9 Å². The largest absolute Gasteiger partial charge is 0.338 e. The molecule has 0 atom stereocenters. The molecule has 16 heavy (non-hydrogen) atoms. The molecule has 0 fully saturated rings. The van der Waals surface area contributed by atoms with Crippen LogP contribution in [0, 0.1) is 5.82 Å². The lowest BCUT2D eigenvalue weighted by atomic mass is 10.2. The molecule has 0 saturated carbocycles. The number of benzene rings is 1. The molecular formula is C11H12Br2FNO. The SMILES string of the molecule is CCN(CCBr)C(=O)c1ccc(F)cc1Br. The fourth-order valence-electron chi connectivity index (χ4n) is 1.34. The lowest BCUT2D eigenvalue weighted by molar-refractivity contribution is 0.0774. The fourth-order valence-corrected chi connectivity index (χ4v) is 2.29. The number of amides is 1. The van der Waals surface area contributed by atoms with Crippen molar-refractivity contribution in [2.45, 2.75) is 6.92 Å². The van der Waals surface area contributed by atoms with E-state index in [1.807, 2.05) is 6.92 Å². The monoisotopic (exact) mass is 351 g/mol. The molecule has 0 bridgehead atoms. The van der Waals surface area contributed by atoms with Crippen LogP contribution in [0.2, 0.25) is 0 Å². The maximum atomic E-state index is 12.9. The number of alkyl halides is 1. The van der Waals surface area contributed by atoms with E-state index in [1.54, 1.807) is 4.90 Å². The molecule has 0 spiro atoms. The summed E-state index contributed by atoms with van der Waals surface area (Å²) in [5, 5.41) is 0.728. The minimum Gasteiger partial charge on any atom is -0.338 e. The van der Waals surface area contributed by atoms with Gasteiger partial charge in [0.25, 0.3) is 5.91 Å². The number of carbonyl (C=O) groups excluding carboxylic acids is 1. The Balaban J connectivity index is 2.94. The van der Waals surface area contributed by atoms with E-state index in [4.69, 9.17) is 0 Å². The van der Waals surface area contributed by atoms with Crippen molar-refractivity contribution in [2.75, 3.05) is 18.4 Å². The Morgan fingerprint density at radius 3 is 2.69 bits per heavy atom. The summed E-state index contributed by atoms with van der Waals surface area (Å²) < 4.78 is 13.4. The molecule has 1 rings (SSSR count). The van der Waals surface area contributed by atoms with Crippen LogP contribution in [-0.2, 0) is 0 Å². The number of carbonyl (C=O) groups is 1. The molecule has 0 aliphatic carbocycles. The van der Waals surface area contributed by atoms with Crippen molar-refractivity contribution < 1.29 is 9.18 Å². The van der Waals surface area contributed by atoms with Crippen LogP contribution < -0.4 is 0 Å². The fraction of sp³-hybridized carbons (Fsp3) is 0.364. The summed E-state index contributed by atoms with van der Waals surface area (Å²) in [6.45, 7) is 3.19. The van der Waals surface area contributed by atoms with Crippen LogP contribution in [-0.4, -0.2) is 29.2 Å². The van der Waals surface area contributed by atoms with Crippen LogP contribution >= 0.6 is 31.9 Å². The predicted molar refractivity (Wildman–Crippen MR) is 69.5 cm³/mol. The minimum absolute atomic E-state index is 0.0891. The lowest BCUT2D eigenvalue weighted by Crippen LogP contribution is -2.32. The van der Waals surface area contributed by atoms with Gasteiger partial charge in [0, 0.05) is 22.9 Å². The van der Waals surface area contributed by atoms with Gasteiger partial charge in [-0.1, -0.05) is 15.9 Å². The first-order valence-electron chi connectivity index (χ1n) is 4.90. The highest BCUT2D eigenvalue weighted by Gasteiger charge is 2.16. The third-order valence-electron chi connectivity index (χ3n) is 2.18. The van der Waals surface area contributed by atoms with E-state index in [1.165, 1.54) is 18.2 Å². The van der Waals surface area contributed by atoms with Crippen molar-refractivity contribution in [1.82, 2.24) is 4.90 Å². The first kappa shape index (κ1) is 13.6. The van der Waals surface area contributed by atoms with Crippen molar-refractivity contribution in [3.8, 4) is 0 Å². The summed E-state index contributed by atoms with van der Waals surface area (Å²) in [5.74, 6) is -0.444. The first-order valence-corrected chi connectivity index (χ1v) is 6.82. The zero-order valence-electron chi connectivity index (χ0n) is 8.84. The molecule has 0 radical (unpaired) electrons. The summed E-state index contributed by atoms with van der Waals surface area (Å²) in [7, 11) is 0. The number of halogens is 3. The van der Waals surface area contributed by atoms with Gasteiger partial charge in [-0.05, 0) is 41.1 Å². The van der Waals surface area contributed by atoms with Crippen LogP contribution in [0.4, 0.5) is 4.39 Å². The quantitative estimate of drug-likeness (QED) is 0.760. The van der Waals surface area contributed by atoms with Crippen molar-refractivity contribution in [1.29, 1.82) is 0 Å². The summed E-state index contributed by atoms with van der Waals surface area (Å²) in [6.07, 6.45) is 0. The standard InChI is InChI=1S/C11H12Br2FNO/c1-2-15(6-5-12)11(16)9-4-3-8(14)7-10(9)13/h3-4,7H,2,5-6H2,1H3. The molecule has 1 amide bonds. The number of nitrogens with zero attached hydrogens (tertiary/aromatic N) is 1. The van der Waals surface area contributed by atoms with Crippen LogP contribution in [0.5, 0.6) is 0 Å². The predicted octanol–water partition coefficient (Wildman–Crippen LogP) is 3.45. The second-order valence-corrected chi connectivity index (χ2v) is 4.85. The molecule has 0 aliphatic rings. The van der Waals surface area contributed by atoms with Gasteiger partial charge in [0.2, 0.25) is 0 Å². The summed E-state index contributed by atoms with van der Waals surface area (Å²) in [4.78, 5) is 13.8. The molecule has 0 unspecified atom stereocenters. The molecule has 2 nitrogen and oxygen atoms in total. The number of hydrogen-bond donors (Lipinski definition) is 0. The Labute approximate surface area is 111 Å². The maximum Gasteiger partial charge on any atom is 0.255 e.